The van der Waals surface area contributed by atoms with Crippen LogP contribution in [0.1, 0.15) is 23.7 Å². The van der Waals surface area contributed by atoms with Gasteiger partial charge in [-0.1, -0.05) is 22.9 Å². The topological polar surface area (TPSA) is 66.8 Å². The molecule has 0 bridgehead atoms. The molecule has 1 fully saturated rings. The fourth-order valence-electron chi connectivity index (χ4n) is 2.71. The van der Waals surface area contributed by atoms with Crippen LogP contribution in [0.5, 0.6) is 5.75 Å². The van der Waals surface area contributed by atoms with E-state index in [1.807, 2.05) is 6.92 Å². The zero-order valence-corrected chi connectivity index (χ0v) is 13.6. The maximum atomic E-state index is 12.6. The smallest absolute Gasteiger partial charge is 0.306 e. The van der Waals surface area contributed by atoms with Crippen LogP contribution in [0.3, 0.4) is 0 Å². The molecule has 5 nitrogen and oxygen atoms in total. The number of carboxylic acids is 1. The Kier molecular flexibility index (Phi) is 4.88. The number of carbonyl (C=O) groups is 2. The lowest BCUT2D eigenvalue weighted by atomic mass is 9.87. The molecule has 6 heteroatoms. The molecular weight excluding hydrogens is 338 g/mol. The van der Waals surface area contributed by atoms with E-state index < -0.39 is 5.97 Å². The number of rotatable bonds is 3. The molecule has 0 radical (unpaired) electrons. The molecule has 2 rings (SSSR count). The fourth-order valence-corrected chi connectivity index (χ4v) is 3.05. The summed E-state index contributed by atoms with van der Waals surface area (Å²) >= 11 is 3.35. The molecule has 1 heterocycles. The van der Waals surface area contributed by atoms with Gasteiger partial charge in [-0.25, -0.2) is 0 Å². The predicted octanol–water partition coefficient (Wildman–Crippen LogP) is 2.64. The molecule has 1 aromatic carbocycles. The van der Waals surface area contributed by atoms with Gasteiger partial charge in [0, 0.05) is 17.6 Å². The molecule has 0 saturated carbocycles. The van der Waals surface area contributed by atoms with Crippen LogP contribution in [0.15, 0.2) is 22.7 Å². The summed E-state index contributed by atoms with van der Waals surface area (Å²) < 4.78 is 6.09. The molecule has 0 spiro atoms. The Hall–Kier alpha value is -1.56. The first-order chi connectivity index (χ1) is 9.93. The lowest BCUT2D eigenvalue weighted by Gasteiger charge is -2.35. The summed E-state index contributed by atoms with van der Waals surface area (Å²) in [5.74, 6) is -0.809. The number of hydrogen-bond acceptors (Lipinski definition) is 3. The zero-order chi connectivity index (χ0) is 15.6. The second-order valence-corrected chi connectivity index (χ2v) is 6.22. The number of nitrogens with zero attached hydrogens (tertiary/aromatic N) is 1. The van der Waals surface area contributed by atoms with Gasteiger partial charge in [0.05, 0.1) is 18.6 Å². The van der Waals surface area contributed by atoms with Crippen molar-refractivity contribution in [2.75, 3.05) is 20.2 Å². The molecule has 114 valence electrons. The van der Waals surface area contributed by atoms with Crippen molar-refractivity contribution in [2.45, 2.75) is 13.3 Å². The van der Waals surface area contributed by atoms with E-state index in [0.29, 0.717) is 30.8 Å². The van der Waals surface area contributed by atoms with Crippen molar-refractivity contribution < 1.29 is 19.4 Å². The fraction of sp³-hybridized carbons (Fsp3) is 0.467. The van der Waals surface area contributed by atoms with Crippen molar-refractivity contribution >= 4 is 27.8 Å². The Morgan fingerprint density at radius 1 is 1.43 bits per heavy atom. The number of aliphatic carboxylic acids is 1. The van der Waals surface area contributed by atoms with Crippen LogP contribution in [0, 0.1) is 11.8 Å². The second kappa shape index (κ2) is 6.47. The Morgan fingerprint density at radius 3 is 2.71 bits per heavy atom. The number of hydrogen-bond donors (Lipinski definition) is 1. The van der Waals surface area contributed by atoms with Crippen LogP contribution >= 0.6 is 15.9 Å². The molecule has 1 N–H and O–H groups in total. The predicted molar refractivity (Wildman–Crippen MR) is 81.5 cm³/mol. The van der Waals surface area contributed by atoms with Gasteiger partial charge in [0.2, 0.25) is 0 Å². The first-order valence-electron chi connectivity index (χ1n) is 6.79. The van der Waals surface area contributed by atoms with Crippen LogP contribution in [-0.2, 0) is 4.79 Å². The largest absolute Gasteiger partial charge is 0.496 e. The van der Waals surface area contributed by atoms with Crippen molar-refractivity contribution in [3.05, 3.63) is 28.2 Å². The number of halogens is 1. The monoisotopic (exact) mass is 355 g/mol. The maximum absolute atomic E-state index is 12.6. The number of piperidine rings is 1. The van der Waals surface area contributed by atoms with Crippen LogP contribution in [0.4, 0.5) is 0 Å². The van der Waals surface area contributed by atoms with Gasteiger partial charge >= 0.3 is 5.97 Å². The number of benzene rings is 1. The molecule has 1 aromatic rings. The van der Waals surface area contributed by atoms with Crippen LogP contribution in [0.25, 0.3) is 0 Å². The second-order valence-electron chi connectivity index (χ2n) is 5.31. The third-order valence-corrected chi connectivity index (χ3v) is 4.40. The highest BCUT2D eigenvalue weighted by Gasteiger charge is 2.33. The third-order valence-electron chi connectivity index (χ3n) is 3.90. The van der Waals surface area contributed by atoms with Gasteiger partial charge in [0.25, 0.3) is 5.91 Å². The van der Waals surface area contributed by atoms with Crippen molar-refractivity contribution in [1.82, 2.24) is 4.90 Å². The number of methoxy groups -OCH3 is 1. The third kappa shape index (κ3) is 3.37. The number of likely N-dealkylation sites (tertiary alicyclic amines) is 1. The van der Waals surface area contributed by atoms with Gasteiger partial charge in [-0.15, -0.1) is 0 Å². The molecule has 1 saturated heterocycles. The van der Waals surface area contributed by atoms with Gasteiger partial charge in [-0.05, 0) is 30.5 Å². The Bertz CT molecular complexity index is 561. The Morgan fingerprint density at radius 2 is 2.14 bits per heavy atom. The standard InChI is InChI=1S/C15H18BrNO4/c1-9-8-17(6-5-11(9)15(19)20)14(18)12-4-3-10(16)7-13(12)21-2/h3-4,7,9,11H,5-6,8H2,1-2H3,(H,19,20). The van der Waals surface area contributed by atoms with Crippen molar-refractivity contribution in [3.63, 3.8) is 0 Å². The maximum Gasteiger partial charge on any atom is 0.306 e. The first-order valence-corrected chi connectivity index (χ1v) is 7.59. The Labute approximate surface area is 132 Å². The Balaban J connectivity index is 2.17. The molecular formula is C15H18BrNO4. The van der Waals surface area contributed by atoms with Gasteiger partial charge in [0.1, 0.15) is 5.75 Å². The highest BCUT2D eigenvalue weighted by molar-refractivity contribution is 9.10. The van der Waals surface area contributed by atoms with Crippen molar-refractivity contribution in [1.29, 1.82) is 0 Å². The molecule has 2 atom stereocenters. The lowest BCUT2D eigenvalue weighted by Crippen LogP contribution is -2.45. The van der Waals surface area contributed by atoms with Gasteiger partial charge < -0.3 is 14.7 Å². The first kappa shape index (κ1) is 15.8. The summed E-state index contributed by atoms with van der Waals surface area (Å²) in [5.41, 5.74) is 0.502. The zero-order valence-electron chi connectivity index (χ0n) is 12.0. The van der Waals surface area contributed by atoms with E-state index in [0.717, 1.165) is 4.47 Å². The summed E-state index contributed by atoms with van der Waals surface area (Å²) in [5, 5.41) is 9.13. The van der Waals surface area contributed by atoms with Gasteiger partial charge in [-0.2, -0.15) is 0 Å². The summed E-state index contributed by atoms with van der Waals surface area (Å²) in [6.07, 6.45) is 0.487. The molecule has 1 aliphatic heterocycles. The highest BCUT2D eigenvalue weighted by atomic mass is 79.9. The molecule has 21 heavy (non-hydrogen) atoms. The van der Waals surface area contributed by atoms with Crippen LogP contribution < -0.4 is 4.74 Å². The molecule has 1 aliphatic rings. The molecule has 2 unspecified atom stereocenters. The van der Waals surface area contributed by atoms with Gasteiger partial charge in [0.15, 0.2) is 0 Å². The quantitative estimate of drug-likeness (QED) is 0.904. The van der Waals surface area contributed by atoms with Crippen molar-refractivity contribution in [3.8, 4) is 5.75 Å². The summed E-state index contributed by atoms with van der Waals surface area (Å²) in [6, 6.07) is 5.27. The minimum Gasteiger partial charge on any atom is -0.496 e. The van der Waals surface area contributed by atoms with E-state index in [4.69, 9.17) is 9.84 Å². The van der Waals surface area contributed by atoms with Crippen molar-refractivity contribution in [2.24, 2.45) is 11.8 Å². The average molecular weight is 356 g/mol. The minimum atomic E-state index is -0.782. The van der Waals surface area contributed by atoms with E-state index in [-0.39, 0.29) is 17.7 Å². The normalized spacial score (nSPS) is 22.0. The van der Waals surface area contributed by atoms with Gasteiger partial charge in [-0.3, -0.25) is 9.59 Å². The SMILES string of the molecule is COc1cc(Br)ccc1C(=O)N1CCC(C(=O)O)C(C)C1. The number of carboxylic acid groups (broad SMARTS) is 1. The van der Waals surface area contributed by atoms with E-state index in [2.05, 4.69) is 15.9 Å². The number of carbonyl (C=O) groups excluding carboxylic acids is 1. The van der Waals surface area contributed by atoms with Crippen LogP contribution in [-0.4, -0.2) is 42.1 Å². The minimum absolute atomic E-state index is 0.0540. The van der Waals surface area contributed by atoms with E-state index in [9.17, 15) is 9.59 Å². The summed E-state index contributed by atoms with van der Waals surface area (Å²) in [7, 11) is 1.53. The number of ether oxygens (including phenoxy) is 1. The molecule has 1 amide bonds. The average Bonchev–Trinajstić information content (AvgIpc) is 2.45. The lowest BCUT2D eigenvalue weighted by molar-refractivity contribution is -0.145. The summed E-state index contributed by atoms with van der Waals surface area (Å²) in [6.45, 7) is 2.78. The van der Waals surface area contributed by atoms with Crippen LogP contribution in [0.2, 0.25) is 0 Å². The number of amides is 1. The van der Waals surface area contributed by atoms with E-state index >= 15 is 0 Å². The molecule has 0 aromatic heterocycles. The summed E-state index contributed by atoms with van der Waals surface area (Å²) in [4.78, 5) is 25.4. The highest BCUT2D eigenvalue weighted by Crippen LogP contribution is 2.28. The van der Waals surface area contributed by atoms with E-state index in [1.54, 1.807) is 23.1 Å². The molecule has 0 aliphatic carbocycles. The van der Waals surface area contributed by atoms with E-state index in [1.165, 1.54) is 7.11 Å².